The van der Waals surface area contributed by atoms with Gasteiger partial charge in [0.15, 0.2) is 0 Å². The molecule has 0 bridgehead atoms. The largest absolute Gasteiger partial charge is 0.383 e. The molecule has 0 saturated carbocycles. The van der Waals surface area contributed by atoms with Crippen LogP contribution in [0.25, 0.3) is 0 Å². The first kappa shape index (κ1) is 7.92. The molecule has 0 aromatic rings. The first-order valence-corrected chi connectivity index (χ1v) is 3.01. The van der Waals surface area contributed by atoms with E-state index in [1.54, 1.807) is 7.11 Å². The fourth-order valence-corrected chi connectivity index (χ4v) is 0.606. The summed E-state index contributed by atoms with van der Waals surface area (Å²) < 4.78 is 4.92. The van der Waals surface area contributed by atoms with Gasteiger partial charge in [-0.05, 0) is 13.5 Å². The van der Waals surface area contributed by atoms with Crippen molar-refractivity contribution in [3.05, 3.63) is 0 Å². The molecule has 1 N–H and O–H groups in total. The summed E-state index contributed by atoms with van der Waals surface area (Å²) in [5.74, 6) is 0. The van der Waals surface area contributed by atoms with Crippen molar-refractivity contribution in [1.29, 1.82) is 0 Å². The summed E-state index contributed by atoms with van der Waals surface area (Å²) in [4.78, 5) is 0. The van der Waals surface area contributed by atoms with Crippen LogP contribution in [-0.2, 0) is 4.74 Å². The SMILES string of the molecule is CCC(COC)NC. The van der Waals surface area contributed by atoms with E-state index < -0.39 is 0 Å². The zero-order valence-corrected chi connectivity index (χ0v) is 5.90. The van der Waals surface area contributed by atoms with Crippen LogP contribution in [-0.4, -0.2) is 26.8 Å². The molecule has 0 aliphatic rings. The van der Waals surface area contributed by atoms with Crippen molar-refractivity contribution in [1.82, 2.24) is 5.32 Å². The Balaban J connectivity index is 3.07. The van der Waals surface area contributed by atoms with Gasteiger partial charge in [0, 0.05) is 13.2 Å². The molecule has 0 aromatic carbocycles. The molecule has 0 rings (SSSR count). The molecule has 2 nitrogen and oxygen atoms in total. The summed E-state index contributed by atoms with van der Waals surface area (Å²) in [5, 5.41) is 3.13. The minimum absolute atomic E-state index is 0.528. The molecule has 0 amide bonds. The van der Waals surface area contributed by atoms with Gasteiger partial charge in [-0.1, -0.05) is 6.92 Å². The predicted octanol–water partition coefficient (Wildman–Crippen LogP) is 0.631. The van der Waals surface area contributed by atoms with Crippen molar-refractivity contribution in [3.63, 3.8) is 0 Å². The van der Waals surface area contributed by atoms with Crippen molar-refractivity contribution in [2.24, 2.45) is 0 Å². The Bertz CT molecular complexity index is 43.8. The third-order valence-electron chi connectivity index (χ3n) is 1.27. The minimum Gasteiger partial charge on any atom is -0.383 e. The molecule has 2 heteroatoms. The fraction of sp³-hybridized carbons (Fsp3) is 1.00. The van der Waals surface area contributed by atoms with E-state index in [9.17, 15) is 0 Å². The standard InChI is InChI=1S/C6H15NO/c1-4-6(7-2)5-8-3/h6-7H,4-5H2,1-3H3. The number of ether oxygens (including phenoxy) is 1. The van der Waals surface area contributed by atoms with Gasteiger partial charge in [-0.15, -0.1) is 0 Å². The highest BCUT2D eigenvalue weighted by Crippen LogP contribution is 1.87. The van der Waals surface area contributed by atoms with Crippen LogP contribution in [0.2, 0.25) is 0 Å². The van der Waals surface area contributed by atoms with Crippen LogP contribution in [0.3, 0.4) is 0 Å². The molecule has 0 aliphatic heterocycles. The molecule has 0 saturated heterocycles. The third-order valence-corrected chi connectivity index (χ3v) is 1.27. The van der Waals surface area contributed by atoms with E-state index in [2.05, 4.69) is 12.2 Å². The topological polar surface area (TPSA) is 21.3 Å². The van der Waals surface area contributed by atoms with Gasteiger partial charge in [-0.25, -0.2) is 0 Å². The maximum Gasteiger partial charge on any atom is 0.0615 e. The molecule has 1 unspecified atom stereocenters. The van der Waals surface area contributed by atoms with Gasteiger partial charge in [0.25, 0.3) is 0 Å². The van der Waals surface area contributed by atoms with Gasteiger partial charge in [0.05, 0.1) is 6.61 Å². The summed E-state index contributed by atoms with van der Waals surface area (Å²) in [6.45, 7) is 2.95. The summed E-state index contributed by atoms with van der Waals surface area (Å²) in [6.07, 6.45) is 1.13. The average molecular weight is 117 g/mol. The number of methoxy groups -OCH3 is 1. The van der Waals surface area contributed by atoms with E-state index in [4.69, 9.17) is 4.74 Å². The molecule has 8 heavy (non-hydrogen) atoms. The van der Waals surface area contributed by atoms with Gasteiger partial charge in [0.2, 0.25) is 0 Å². The van der Waals surface area contributed by atoms with Crippen LogP contribution in [0.4, 0.5) is 0 Å². The van der Waals surface area contributed by atoms with Crippen molar-refractivity contribution in [3.8, 4) is 0 Å². The summed E-state index contributed by atoms with van der Waals surface area (Å²) >= 11 is 0. The molecule has 1 atom stereocenters. The maximum absolute atomic E-state index is 4.92. The first-order valence-electron chi connectivity index (χ1n) is 3.01. The maximum atomic E-state index is 4.92. The first-order chi connectivity index (χ1) is 3.85. The van der Waals surface area contributed by atoms with Gasteiger partial charge >= 0.3 is 0 Å². The smallest absolute Gasteiger partial charge is 0.0615 e. The highest BCUT2D eigenvalue weighted by atomic mass is 16.5. The average Bonchev–Trinajstić information content (AvgIpc) is 1.83. The predicted molar refractivity (Wildman–Crippen MR) is 35.0 cm³/mol. The Labute approximate surface area is 51.2 Å². The Kier molecular flexibility index (Phi) is 5.01. The lowest BCUT2D eigenvalue weighted by molar-refractivity contribution is 0.168. The van der Waals surface area contributed by atoms with Gasteiger partial charge in [0.1, 0.15) is 0 Å². The van der Waals surface area contributed by atoms with Crippen LogP contribution >= 0.6 is 0 Å². The summed E-state index contributed by atoms with van der Waals surface area (Å²) in [5.41, 5.74) is 0. The van der Waals surface area contributed by atoms with Crippen molar-refractivity contribution in [2.45, 2.75) is 19.4 Å². The zero-order chi connectivity index (χ0) is 6.41. The third kappa shape index (κ3) is 2.99. The Morgan fingerprint density at radius 1 is 1.62 bits per heavy atom. The Morgan fingerprint density at radius 2 is 2.25 bits per heavy atom. The highest BCUT2D eigenvalue weighted by Gasteiger charge is 1.98. The molecule has 0 radical (unpaired) electrons. The van der Waals surface area contributed by atoms with Gasteiger partial charge < -0.3 is 10.1 Å². The van der Waals surface area contributed by atoms with Crippen LogP contribution in [0, 0.1) is 0 Å². The van der Waals surface area contributed by atoms with E-state index in [0.29, 0.717) is 6.04 Å². The second-order valence-electron chi connectivity index (χ2n) is 1.85. The molecule has 50 valence electrons. The lowest BCUT2D eigenvalue weighted by Crippen LogP contribution is -2.28. The number of rotatable bonds is 4. The molecule has 0 fully saturated rings. The fourth-order valence-electron chi connectivity index (χ4n) is 0.606. The van der Waals surface area contributed by atoms with Crippen molar-refractivity contribution >= 4 is 0 Å². The monoisotopic (exact) mass is 117 g/mol. The van der Waals surface area contributed by atoms with E-state index in [-0.39, 0.29) is 0 Å². The van der Waals surface area contributed by atoms with Crippen molar-refractivity contribution in [2.75, 3.05) is 20.8 Å². The summed E-state index contributed by atoms with van der Waals surface area (Å²) in [7, 11) is 3.67. The van der Waals surface area contributed by atoms with Crippen LogP contribution in [0.15, 0.2) is 0 Å². The minimum atomic E-state index is 0.528. The molecular formula is C6H15NO. The number of hydrogen-bond acceptors (Lipinski definition) is 2. The second kappa shape index (κ2) is 5.06. The quantitative estimate of drug-likeness (QED) is 0.583. The zero-order valence-electron chi connectivity index (χ0n) is 5.90. The lowest BCUT2D eigenvalue weighted by atomic mass is 10.2. The van der Waals surface area contributed by atoms with Gasteiger partial charge in [-0.2, -0.15) is 0 Å². The number of nitrogens with one attached hydrogen (secondary N) is 1. The van der Waals surface area contributed by atoms with E-state index in [1.165, 1.54) is 0 Å². The summed E-state index contributed by atoms with van der Waals surface area (Å²) in [6, 6.07) is 0.528. The van der Waals surface area contributed by atoms with E-state index >= 15 is 0 Å². The molecule has 0 aliphatic carbocycles. The molecular weight excluding hydrogens is 102 g/mol. The van der Waals surface area contributed by atoms with Crippen LogP contribution in [0.1, 0.15) is 13.3 Å². The van der Waals surface area contributed by atoms with E-state index in [1.807, 2.05) is 7.05 Å². The lowest BCUT2D eigenvalue weighted by Gasteiger charge is -2.10. The van der Waals surface area contributed by atoms with Crippen LogP contribution < -0.4 is 5.32 Å². The van der Waals surface area contributed by atoms with E-state index in [0.717, 1.165) is 13.0 Å². The van der Waals surface area contributed by atoms with Crippen LogP contribution in [0.5, 0.6) is 0 Å². The van der Waals surface area contributed by atoms with Crippen molar-refractivity contribution < 1.29 is 4.74 Å². The highest BCUT2D eigenvalue weighted by molar-refractivity contribution is 4.58. The number of hydrogen-bond donors (Lipinski definition) is 1. The molecule has 0 heterocycles. The second-order valence-corrected chi connectivity index (χ2v) is 1.85. The van der Waals surface area contributed by atoms with Gasteiger partial charge in [-0.3, -0.25) is 0 Å². The Hall–Kier alpha value is -0.0800. The number of likely N-dealkylation sites (N-methyl/N-ethyl adjacent to an activating group) is 1. The molecule has 0 spiro atoms. The Morgan fingerprint density at radius 3 is 2.38 bits per heavy atom. The normalized spacial score (nSPS) is 13.9. The molecule has 0 aromatic heterocycles.